The van der Waals surface area contributed by atoms with Gasteiger partial charge in [0.1, 0.15) is 0 Å². The molecule has 3 heteroatoms. The number of nitrogens with zero attached hydrogens (tertiary/aromatic N) is 1. The third-order valence-corrected chi connectivity index (χ3v) is 3.79. The normalized spacial score (nSPS) is 12.5. The standard InChI is InChI=1S/C16H27ClN2/c1-5-7-8-11-19(4)16-10-9-14(12-15(16)17)13(3)18-6-2/h9-10,12-13,18H,5-8,11H2,1-4H3. The lowest BCUT2D eigenvalue weighted by atomic mass is 10.1. The van der Waals surface area contributed by atoms with Gasteiger partial charge >= 0.3 is 0 Å². The Morgan fingerprint density at radius 3 is 2.58 bits per heavy atom. The molecule has 0 aromatic heterocycles. The van der Waals surface area contributed by atoms with Crippen LogP contribution in [0.5, 0.6) is 0 Å². The maximum atomic E-state index is 6.41. The lowest BCUT2D eigenvalue weighted by Gasteiger charge is -2.22. The van der Waals surface area contributed by atoms with E-state index in [1.807, 2.05) is 0 Å². The minimum atomic E-state index is 0.349. The van der Waals surface area contributed by atoms with Crippen LogP contribution in [0.25, 0.3) is 0 Å². The first-order valence-corrected chi connectivity index (χ1v) is 7.71. The van der Waals surface area contributed by atoms with Crippen LogP contribution in [0, 0.1) is 0 Å². The van der Waals surface area contributed by atoms with Crippen molar-refractivity contribution in [3.05, 3.63) is 28.8 Å². The first kappa shape index (κ1) is 16.3. The van der Waals surface area contributed by atoms with Gasteiger partial charge in [0.2, 0.25) is 0 Å². The minimum Gasteiger partial charge on any atom is -0.373 e. The van der Waals surface area contributed by atoms with Crippen LogP contribution in [0.1, 0.15) is 51.6 Å². The van der Waals surface area contributed by atoms with Gasteiger partial charge in [-0.3, -0.25) is 0 Å². The molecule has 0 radical (unpaired) electrons. The fraction of sp³-hybridized carbons (Fsp3) is 0.625. The summed E-state index contributed by atoms with van der Waals surface area (Å²) < 4.78 is 0. The van der Waals surface area contributed by atoms with E-state index in [4.69, 9.17) is 11.6 Å². The summed E-state index contributed by atoms with van der Waals surface area (Å²) in [4.78, 5) is 2.25. The summed E-state index contributed by atoms with van der Waals surface area (Å²) in [6.07, 6.45) is 3.75. The average Bonchev–Trinajstić information content (AvgIpc) is 2.39. The number of rotatable bonds is 8. The van der Waals surface area contributed by atoms with Crippen molar-refractivity contribution >= 4 is 17.3 Å². The second kappa shape index (κ2) is 8.44. The Labute approximate surface area is 123 Å². The summed E-state index contributed by atoms with van der Waals surface area (Å²) in [5.74, 6) is 0. The molecule has 0 bridgehead atoms. The Hall–Kier alpha value is -0.730. The van der Waals surface area contributed by atoms with Gasteiger partial charge in [0.05, 0.1) is 10.7 Å². The predicted octanol–water partition coefficient (Wildman–Crippen LogP) is 4.64. The van der Waals surface area contributed by atoms with Crippen molar-refractivity contribution in [1.29, 1.82) is 0 Å². The van der Waals surface area contributed by atoms with Crippen molar-refractivity contribution in [2.24, 2.45) is 0 Å². The van der Waals surface area contributed by atoms with Crippen molar-refractivity contribution < 1.29 is 0 Å². The summed E-state index contributed by atoms with van der Waals surface area (Å²) >= 11 is 6.41. The molecule has 0 aliphatic heterocycles. The molecular formula is C16H27ClN2. The topological polar surface area (TPSA) is 15.3 Å². The van der Waals surface area contributed by atoms with Crippen molar-refractivity contribution in [2.75, 3.05) is 25.0 Å². The Morgan fingerprint density at radius 2 is 2.00 bits per heavy atom. The molecule has 2 nitrogen and oxygen atoms in total. The van der Waals surface area contributed by atoms with Gasteiger partial charge in [0.15, 0.2) is 0 Å². The monoisotopic (exact) mass is 282 g/mol. The number of unbranched alkanes of at least 4 members (excludes halogenated alkanes) is 2. The highest BCUT2D eigenvalue weighted by Crippen LogP contribution is 2.28. The van der Waals surface area contributed by atoms with E-state index in [-0.39, 0.29) is 0 Å². The first-order valence-electron chi connectivity index (χ1n) is 7.34. The van der Waals surface area contributed by atoms with E-state index in [9.17, 15) is 0 Å². The van der Waals surface area contributed by atoms with Crippen LogP contribution in [-0.4, -0.2) is 20.1 Å². The number of hydrogen-bond acceptors (Lipinski definition) is 2. The molecule has 0 spiro atoms. The molecule has 0 aliphatic rings. The van der Waals surface area contributed by atoms with Crippen LogP contribution in [0.3, 0.4) is 0 Å². The van der Waals surface area contributed by atoms with E-state index in [1.54, 1.807) is 0 Å². The Balaban J connectivity index is 2.70. The van der Waals surface area contributed by atoms with Gasteiger partial charge in [-0.15, -0.1) is 0 Å². The van der Waals surface area contributed by atoms with Crippen LogP contribution < -0.4 is 10.2 Å². The Bertz CT molecular complexity index is 379. The van der Waals surface area contributed by atoms with Crippen molar-refractivity contribution in [1.82, 2.24) is 5.32 Å². The number of hydrogen-bond donors (Lipinski definition) is 1. The quantitative estimate of drug-likeness (QED) is 0.699. The number of benzene rings is 1. The van der Waals surface area contributed by atoms with Crippen LogP contribution >= 0.6 is 11.6 Å². The van der Waals surface area contributed by atoms with Gasteiger partial charge in [-0.1, -0.05) is 44.4 Å². The molecule has 108 valence electrons. The van der Waals surface area contributed by atoms with Crippen molar-refractivity contribution in [3.8, 4) is 0 Å². The summed E-state index contributed by atoms with van der Waals surface area (Å²) in [6.45, 7) is 8.55. The largest absolute Gasteiger partial charge is 0.373 e. The first-order chi connectivity index (χ1) is 9.10. The SMILES string of the molecule is CCCCCN(C)c1ccc(C(C)NCC)cc1Cl. The molecule has 0 saturated heterocycles. The van der Waals surface area contributed by atoms with E-state index in [1.165, 1.54) is 24.8 Å². The van der Waals surface area contributed by atoms with Crippen LogP contribution in [0.4, 0.5) is 5.69 Å². The van der Waals surface area contributed by atoms with E-state index in [0.717, 1.165) is 23.8 Å². The summed E-state index contributed by atoms with van der Waals surface area (Å²) in [7, 11) is 2.12. The van der Waals surface area contributed by atoms with Gasteiger partial charge in [0.25, 0.3) is 0 Å². The van der Waals surface area contributed by atoms with Gasteiger partial charge < -0.3 is 10.2 Å². The zero-order valence-corrected chi connectivity index (χ0v) is 13.4. The molecule has 1 aromatic rings. The second-order valence-electron chi connectivity index (χ2n) is 5.12. The highest BCUT2D eigenvalue weighted by molar-refractivity contribution is 6.33. The highest BCUT2D eigenvalue weighted by Gasteiger charge is 2.09. The molecule has 0 saturated carbocycles. The smallest absolute Gasteiger partial charge is 0.0642 e. The third kappa shape index (κ3) is 5.04. The lowest BCUT2D eigenvalue weighted by molar-refractivity contribution is 0.598. The molecule has 0 heterocycles. The molecular weight excluding hydrogens is 256 g/mol. The van der Waals surface area contributed by atoms with Gasteiger partial charge in [0, 0.05) is 19.6 Å². The van der Waals surface area contributed by atoms with E-state index in [0.29, 0.717) is 6.04 Å². The molecule has 1 unspecified atom stereocenters. The fourth-order valence-electron chi connectivity index (χ4n) is 2.25. The number of anilines is 1. The predicted molar refractivity (Wildman–Crippen MR) is 86.3 cm³/mol. The maximum absolute atomic E-state index is 6.41. The van der Waals surface area contributed by atoms with Gasteiger partial charge in [-0.05, 0) is 37.6 Å². The lowest BCUT2D eigenvalue weighted by Crippen LogP contribution is -2.20. The Kier molecular flexibility index (Phi) is 7.25. The fourth-order valence-corrected chi connectivity index (χ4v) is 2.58. The van der Waals surface area contributed by atoms with Gasteiger partial charge in [-0.25, -0.2) is 0 Å². The Morgan fingerprint density at radius 1 is 1.26 bits per heavy atom. The molecule has 0 amide bonds. The van der Waals surface area contributed by atoms with E-state index in [2.05, 4.69) is 56.2 Å². The zero-order chi connectivity index (χ0) is 14.3. The summed E-state index contributed by atoms with van der Waals surface area (Å²) in [5.41, 5.74) is 2.38. The van der Waals surface area contributed by atoms with E-state index < -0.39 is 0 Å². The zero-order valence-electron chi connectivity index (χ0n) is 12.7. The second-order valence-corrected chi connectivity index (χ2v) is 5.53. The maximum Gasteiger partial charge on any atom is 0.0642 e. The van der Waals surface area contributed by atoms with E-state index >= 15 is 0 Å². The molecule has 19 heavy (non-hydrogen) atoms. The minimum absolute atomic E-state index is 0.349. The van der Waals surface area contributed by atoms with Crippen LogP contribution in [-0.2, 0) is 0 Å². The molecule has 1 aromatic carbocycles. The molecule has 1 rings (SSSR count). The number of nitrogens with one attached hydrogen (secondary N) is 1. The summed E-state index contributed by atoms with van der Waals surface area (Å²) in [5, 5.41) is 4.26. The van der Waals surface area contributed by atoms with Crippen LogP contribution in [0.15, 0.2) is 18.2 Å². The molecule has 0 fully saturated rings. The van der Waals surface area contributed by atoms with Crippen molar-refractivity contribution in [3.63, 3.8) is 0 Å². The highest BCUT2D eigenvalue weighted by atomic mass is 35.5. The molecule has 1 atom stereocenters. The number of halogens is 1. The van der Waals surface area contributed by atoms with Crippen molar-refractivity contribution in [2.45, 2.75) is 46.1 Å². The molecule has 1 N–H and O–H groups in total. The van der Waals surface area contributed by atoms with Gasteiger partial charge in [-0.2, -0.15) is 0 Å². The molecule has 0 aliphatic carbocycles. The van der Waals surface area contributed by atoms with Crippen LogP contribution in [0.2, 0.25) is 5.02 Å². The third-order valence-electron chi connectivity index (χ3n) is 3.49. The summed E-state index contributed by atoms with van der Waals surface area (Å²) in [6, 6.07) is 6.74. The average molecular weight is 283 g/mol.